The maximum absolute atomic E-state index is 13.5. The van der Waals surface area contributed by atoms with Gasteiger partial charge in [0, 0.05) is 22.4 Å². The third-order valence-corrected chi connectivity index (χ3v) is 5.62. The number of carbonyl (C=O) groups is 4. The molecule has 0 bridgehead atoms. The van der Waals surface area contributed by atoms with Crippen molar-refractivity contribution in [3.63, 3.8) is 0 Å². The Hall–Kier alpha value is -4.33. The minimum Gasteiger partial charge on any atom is -0.481 e. The number of carboxylic acids is 1. The number of hydrogen-bond donors (Lipinski definition) is 2. The summed E-state index contributed by atoms with van der Waals surface area (Å²) in [6.45, 7) is 5.55. The molecular formula is C26H22N2O6. The van der Waals surface area contributed by atoms with Crippen LogP contribution in [-0.2, 0) is 14.3 Å². The molecule has 0 fully saturated rings. The Morgan fingerprint density at radius 1 is 0.971 bits per heavy atom. The number of benzene rings is 2. The number of carboxylic acid groups (broad SMARTS) is 1. The number of pyridine rings is 1. The number of methoxy groups -OCH3 is 1. The van der Waals surface area contributed by atoms with Gasteiger partial charge in [-0.2, -0.15) is 0 Å². The van der Waals surface area contributed by atoms with Crippen molar-refractivity contribution < 1.29 is 29.0 Å². The van der Waals surface area contributed by atoms with Crippen LogP contribution in [0.15, 0.2) is 36.4 Å². The minimum atomic E-state index is -1.25. The molecule has 8 nitrogen and oxygen atoms in total. The van der Waals surface area contributed by atoms with Crippen molar-refractivity contribution in [2.45, 2.75) is 27.2 Å². The third kappa shape index (κ3) is 3.94. The van der Waals surface area contributed by atoms with Gasteiger partial charge in [0.2, 0.25) is 5.91 Å². The van der Waals surface area contributed by atoms with Gasteiger partial charge in [-0.15, -0.1) is 0 Å². The predicted octanol–water partition coefficient (Wildman–Crippen LogP) is 4.09. The molecule has 0 aliphatic heterocycles. The molecule has 1 aromatic heterocycles. The Morgan fingerprint density at radius 3 is 2.26 bits per heavy atom. The van der Waals surface area contributed by atoms with Crippen LogP contribution in [0.3, 0.4) is 0 Å². The average Bonchev–Trinajstić information content (AvgIpc) is 3.02. The Kier molecular flexibility index (Phi) is 5.75. The van der Waals surface area contributed by atoms with Gasteiger partial charge >= 0.3 is 11.9 Å². The minimum absolute atomic E-state index is 0.224. The zero-order chi connectivity index (χ0) is 24.7. The highest BCUT2D eigenvalue weighted by atomic mass is 16.5. The number of hydrogen-bond acceptors (Lipinski definition) is 6. The smallest absolute Gasteiger partial charge is 0.340 e. The van der Waals surface area contributed by atoms with Crippen molar-refractivity contribution in [1.82, 2.24) is 4.98 Å². The van der Waals surface area contributed by atoms with E-state index >= 15 is 0 Å². The van der Waals surface area contributed by atoms with Crippen LogP contribution in [0, 0.1) is 20.8 Å². The highest BCUT2D eigenvalue weighted by Crippen LogP contribution is 2.44. The van der Waals surface area contributed by atoms with Gasteiger partial charge < -0.3 is 15.2 Å². The van der Waals surface area contributed by atoms with E-state index in [1.54, 1.807) is 19.1 Å². The number of nitrogens with zero attached hydrogens (tertiary/aromatic N) is 1. The summed E-state index contributed by atoms with van der Waals surface area (Å²) >= 11 is 0. The number of aliphatic carboxylic acids is 1. The van der Waals surface area contributed by atoms with Gasteiger partial charge in [-0.05, 0) is 44.5 Å². The molecule has 1 aliphatic rings. The molecule has 0 spiro atoms. The first-order valence-corrected chi connectivity index (χ1v) is 10.5. The fourth-order valence-corrected chi connectivity index (χ4v) is 4.37. The van der Waals surface area contributed by atoms with E-state index in [-0.39, 0.29) is 11.3 Å². The van der Waals surface area contributed by atoms with E-state index in [0.29, 0.717) is 44.9 Å². The molecule has 1 amide bonds. The van der Waals surface area contributed by atoms with Crippen molar-refractivity contribution in [3.8, 4) is 22.4 Å². The number of fused-ring (bicyclic) bond motifs is 3. The predicted molar refractivity (Wildman–Crippen MR) is 125 cm³/mol. The van der Waals surface area contributed by atoms with Gasteiger partial charge in [-0.1, -0.05) is 29.3 Å². The number of ketones is 1. The lowest BCUT2D eigenvalue weighted by atomic mass is 9.90. The fourth-order valence-electron chi connectivity index (χ4n) is 4.37. The zero-order valence-electron chi connectivity index (χ0n) is 19.1. The van der Waals surface area contributed by atoms with E-state index in [9.17, 15) is 19.2 Å². The molecule has 1 heterocycles. The molecule has 3 aromatic rings. The lowest BCUT2D eigenvalue weighted by Gasteiger charge is -2.16. The van der Waals surface area contributed by atoms with Crippen LogP contribution in [0.1, 0.15) is 49.5 Å². The quantitative estimate of drug-likeness (QED) is 0.341. The van der Waals surface area contributed by atoms with E-state index in [2.05, 4.69) is 10.3 Å². The van der Waals surface area contributed by atoms with E-state index in [1.165, 1.54) is 13.2 Å². The van der Waals surface area contributed by atoms with E-state index in [1.807, 2.05) is 32.0 Å². The highest BCUT2D eigenvalue weighted by molar-refractivity contribution is 6.26. The lowest BCUT2D eigenvalue weighted by molar-refractivity contribution is -0.139. The summed E-state index contributed by atoms with van der Waals surface area (Å²) in [5.41, 5.74) is 5.64. The summed E-state index contributed by atoms with van der Waals surface area (Å²) in [7, 11) is 1.28. The first-order chi connectivity index (χ1) is 16.1. The van der Waals surface area contributed by atoms with Gasteiger partial charge in [0.1, 0.15) is 6.42 Å². The summed E-state index contributed by atoms with van der Waals surface area (Å²) in [5, 5.41) is 11.4. The monoisotopic (exact) mass is 458 g/mol. The fraction of sp³-hybridized carbons (Fsp3) is 0.192. The van der Waals surface area contributed by atoms with Crippen LogP contribution in [0.4, 0.5) is 5.69 Å². The lowest BCUT2D eigenvalue weighted by Crippen LogP contribution is -2.15. The topological polar surface area (TPSA) is 123 Å². The summed E-state index contributed by atoms with van der Waals surface area (Å²) in [5.74, 6) is -2.81. The highest BCUT2D eigenvalue weighted by Gasteiger charge is 2.35. The summed E-state index contributed by atoms with van der Waals surface area (Å²) in [4.78, 5) is 53.6. The van der Waals surface area contributed by atoms with Crippen LogP contribution in [-0.4, -0.2) is 40.8 Å². The molecule has 34 heavy (non-hydrogen) atoms. The van der Waals surface area contributed by atoms with Crippen molar-refractivity contribution in [2.75, 3.05) is 12.4 Å². The number of nitrogens with one attached hydrogen (secondary N) is 1. The van der Waals surface area contributed by atoms with Gasteiger partial charge in [-0.3, -0.25) is 19.4 Å². The molecule has 0 atom stereocenters. The second kappa shape index (κ2) is 8.55. The van der Waals surface area contributed by atoms with Crippen LogP contribution >= 0.6 is 0 Å². The number of aryl methyl sites for hydroxylation is 3. The number of carbonyl (C=O) groups excluding carboxylic acids is 3. The van der Waals surface area contributed by atoms with Crippen molar-refractivity contribution in [1.29, 1.82) is 0 Å². The Morgan fingerprint density at radius 2 is 1.65 bits per heavy atom. The van der Waals surface area contributed by atoms with Crippen molar-refractivity contribution >= 4 is 29.3 Å². The molecular weight excluding hydrogens is 436 g/mol. The van der Waals surface area contributed by atoms with E-state index < -0.39 is 24.3 Å². The second-order valence-electron chi connectivity index (χ2n) is 8.25. The van der Waals surface area contributed by atoms with E-state index in [0.717, 1.165) is 11.1 Å². The Balaban J connectivity index is 1.95. The number of rotatable bonds is 5. The standard InChI is InChI=1S/C26H22N2O6/c1-12-7-13(2)9-15(8-12)22-21(26(33)34-4)14(3)27-24-18-10-16(28-19(29)11-20(30)31)5-6-17(18)25(32)23(22)24/h5-10H,11H2,1-4H3,(H,28,29)(H,30,31). The van der Waals surface area contributed by atoms with Crippen LogP contribution < -0.4 is 5.32 Å². The molecule has 2 N–H and O–H groups in total. The second-order valence-corrected chi connectivity index (χ2v) is 8.25. The molecule has 0 unspecified atom stereocenters. The largest absolute Gasteiger partial charge is 0.481 e. The van der Waals surface area contributed by atoms with Crippen LogP contribution in [0.25, 0.3) is 22.4 Å². The Bertz CT molecular complexity index is 1390. The molecule has 8 heteroatoms. The number of anilines is 1. The van der Waals surface area contributed by atoms with Gasteiger partial charge in [0.15, 0.2) is 5.78 Å². The SMILES string of the molecule is COC(=O)c1c(C)nc2c(c1-c1cc(C)cc(C)c1)C(=O)c1ccc(NC(=O)CC(=O)O)cc1-2. The molecule has 2 aromatic carbocycles. The summed E-state index contributed by atoms with van der Waals surface area (Å²) in [6, 6.07) is 10.5. The third-order valence-electron chi connectivity index (χ3n) is 5.62. The molecule has 0 saturated heterocycles. The molecule has 0 radical (unpaired) electrons. The first kappa shape index (κ1) is 22.8. The van der Waals surface area contributed by atoms with Crippen molar-refractivity contribution in [3.05, 3.63) is 69.9 Å². The zero-order valence-corrected chi connectivity index (χ0v) is 19.1. The van der Waals surface area contributed by atoms with Gasteiger partial charge in [0.25, 0.3) is 0 Å². The van der Waals surface area contributed by atoms with Crippen LogP contribution in [0.5, 0.6) is 0 Å². The maximum atomic E-state index is 13.5. The summed E-state index contributed by atoms with van der Waals surface area (Å²) < 4.78 is 5.02. The molecule has 172 valence electrons. The maximum Gasteiger partial charge on any atom is 0.340 e. The Labute approximate surface area is 195 Å². The van der Waals surface area contributed by atoms with Gasteiger partial charge in [-0.25, -0.2) is 4.79 Å². The molecule has 1 aliphatic carbocycles. The number of aromatic nitrogens is 1. The van der Waals surface area contributed by atoms with Crippen molar-refractivity contribution in [2.24, 2.45) is 0 Å². The van der Waals surface area contributed by atoms with Gasteiger partial charge in [0.05, 0.1) is 29.6 Å². The molecule has 0 saturated carbocycles. The normalized spacial score (nSPS) is 11.6. The van der Waals surface area contributed by atoms with E-state index in [4.69, 9.17) is 9.84 Å². The summed E-state index contributed by atoms with van der Waals surface area (Å²) in [6.07, 6.45) is -0.677. The first-order valence-electron chi connectivity index (χ1n) is 10.5. The number of amides is 1. The number of ether oxygens (including phenoxy) is 1. The average molecular weight is 458 g/mol. The number of esters is 1. The molecule has 4 rings (SSSR count). The van der Waals surface area contributed by atoms with Crippen LogP contribution in [0.2, 0.25) is 0 Å².